The lowest BCUT2D eigenvalue weighted by Gasteiger charge is -2.43. The van der Waals surface area contributed by atoms with Crippen LogP contribution in [-0.2, 0) is 0 Å². The number of ether oxygens (including phenoxy) is 1. The lowest BCUT2D eigenvalue weighted by Crippen LogP contribution is -2.52. The average molecular weight is 293 g/mol. The summed E-state index contributed by atoms with van der Waals surface area (Å²) in [4.78, 5) is 11.0. The summed E-state index contributed by atoms with van der Waals surface area (Å²) < 4.78 is 5.12. The van der Waals surface area contributed by atoms with E-state index in [2.05, 4.69) is 12.2 Å². The molecule has 6 heteroatoms. The summed E-state index contributed by atoms with van der Waals surface area (Å²) in [7, 11) is 1.44. The zero-order valence-corrected chi connectivity index (χ0v) is 12.6. The number of nitrogens with zero attached hydrogens (tertiary/aromatic N) is 1. The van der Waals surface area contributed by atoms with Gasteiger partial charge >= 0.3 is 5.69 Å². The second-order valence-electron chi connectivity index (χ2n) is 5.75. The van der Waals surface area contributed by atoms with E-state index >= 15 is 0 Å². The molecule has 2 atom stereocenters. The van der Waals surface area contributed by atoms with Crippen molar-refractivity contribution in [2.24, 2.45) is 11.7 Å². The van der Waals surface area contributed by atoms with Crippen LogP contribution < -0.4 is 15.8 Å². The smallest absolute Gasteiger partial charge is 0.333 e. The summed E-state index contributed by atoms with van der Waals surface area (Å²) in [5.41, 5.74) is 6.19. The quantitative estimate of drug-likeness (QED) is 0.643. The highest BCUT2D eigenvalue weighted by Gasteiger charge is 2.38. The third-order valence-electron chi connectivity index (χ3n) is 4.60. The van der Waals surface area contributed by atoms with E-state index in [0.717, 1.165) is 19.3 Å². The average Bonchev–Trinajstić information content (AvgIpc) is 2.49. The normalized spacial score (nSPS) is 25.4. The van der Waals surface area contributed by atoms with Crippen LogP contribution in [0.15, 0.2) is 18.2 Å². The first-order chi connectivity index (χ1) is 10.0. The summed E-state index contributed by atoms with van der Waals surface area (Å²) in [5, 5.41) is 14.7. The van der Waals surface area contributed by atoms with Crippen molar-refractivity contribution in [3.8, 4) is 5.75 Å². The fraction of sp³-hybridized carbons (Fsp3) is 0.600. The number of nitrogens with one attached hydrogen (secondary N) is 1. The molecule has 6 nitrogen and oxygen atoms in total. The van der Waals surface area contributed by atoms with Crippen molar-refractivity contribution in [2.75, 3.05) is 19.0 Å². The van der Waals surface area contributed by atoms with E-state index in [0.29, 0.717) is 18.2 Å². The van der Waals surface area contributed by atoms with Gasteiger partial charge in [-0.1, -0.05) is 25.8 Å². The molecule has 1 aliphatic carbocycles. The molecule has 2 rings (SSSR count). The van der Waals surface area contributed by atoms with Crippen molar-refractivity contribution in [3.63, 3.8) is 0 Å². The highest BCUT2D eigenvalue weighted by atomic mass is 16.6. The molecule has 0 spiro atoms. The van der Waals surface area contributed by atoms with E-state index < -0.39 is 4.92 Å². The molecular formula is C15H23N3O3. The van der Waals surface area contributed by atoms with Gasteiger partial charge in [0, 0.05) is 6.54 Å². The molecule has 0 saturated heterocycles. The van der Waals surface area contributed by atoms with Crippen molar-refractivity contribution in [2.45, 2.75) is 38.1 Å². The Morgan fingerprint density at radius 1 is 1.52 bits per heavy atom. The van der Waals surface area contributed by atoms with E-state index in [-0.39, 0.29) is 17.0 Å². The zero-order chi connectivity index (χ0) is 15.5. The molecule has 3 N–H and O–H groups in total. The molecule has 1 fully saturated rings. The van der Waals surface area contributed by atoms with E-state index in [1.807, 2.05) is 0 Å². The number of hydrogen-bond donors (Lipinski definition) is 2. The van der Waals surface area contributed by atoms with Gasteiger partial charge in [0.1, 0.15) is 5.69 Å². The lowest BCUT2D eigenvalue weighted by atomic mass is 9.73. The van der Waals surface area contributed by atoms with Gasteiger partial charge < -0.3 is 15.8 Å². The van der Waals surface area contributed by atoms with Gasteiger partial charge in [-0.05, 0) is 30.9 Å². The molecule has 116 valence electrons. The summed E-state index contributed by atoms with van der Waals surface area (Å²) in [6.45, 7) is 2.62. The van der Waals surface area contributed by atoms with Crippen LogP contribution >= 0.6 is 0 Å². The Morgan fingerprint density at radius 2 is 2.29 bits per heavy atom. The minimum absolute atomic E-state index is 0.0226. The molecule has 1 saturated carbocycles. The van der Waals surface area contributed by atoms with E-state index in [4.69, 9.17) is 10.5 Å². The number of nitro benzene ring substituents is 1. The fourth-order valence-electron chi connectivity index (χ4n) is 3.20. The highest BCUT2D eigenvalue weighted by molar-refractivity contribution is 5.69. The Bertz CT molecular complexity index is 521. The molecule has 0 heterocycles. The molecule has 0 radical (unpaired) electrons. The van der Waals surface area contributed by atoms with Crippen LogP contribution in [0.4, 0.5) is 11.4 Å². The summed E-state index contributed by atoms with van der Waals surface area (Å²) >= 11 is 0. The predicted molar refractivity (Wildman–Crippen MR) is 82.7 cm³/mol. The highest BCUT2D eigenvalue weighted by Crippen LogP contribution is 2.41. The molecule has 1 aromatic rings. The first-order valence-corrected chi connectivity index (χ1v) is 7.33. The maximum atomic E-state index is 11.4. The first-order valence-electron chi connectivity index (χ1n) is 7.33. The standard InChI is InChI=1S/C15H23N3O3/c1-11-6-3-4-9-15(11,10-16)17-12-7-5-8-13(21-2)14(12)18(19)20/h5,7-8,11,17H,3-4,6,9-10,16H2,1-2H3. The van der Waals surface area contributed by atoms with Crippen LogP contribution in [0.2, 0.25) is 0 Å². The largest absolute Gasteiger partial charge is 0.490 e. The summed E-state index contributed by atoms with van der Waals surface area (Å²) in [6, 6.07) is 5.08. The Balaban J connectivity index is 2.40. The summed E-state index contributed by atoms with van der Waals surface area (Å²) in [6.07, 6.45) is 4.29. The SMILES string of the molecule is COc1cccc(NC2(CN)CCCCC2C)c1[N+](=O)[O-]. The van der Waals surface area contributed by atoms with Crippen LogP contribution in [0.25, 0.3) is 0 Å². The van der Waals surface area contributed by atoms with E-state index in [9.17, 15) is 10.1 Å². The van der Waals surface area contributed by atoms with Gasteiger partial charge in [-0.2, -0.15) is 0 Å². The van der Waals surface area contributed by atoms with Crippen molar-refractivity contribution in [3.05, 3.63) is 28.3 Å². The number of rotatable bonds is 5. The topological polar surface area (TPSA) is 90.4 Å². The van der Waals surface area contributed by atoms with Crippen molar-refractivity contribution >= 4 is 11.4 Å². The third-order valence-corrected chi connectivity index (χ3v) is 4.60. The van der Waals surface area contributed by atoms with Crippen molar-refractivity contribution < 1.29 is 9.66 Å². The number of para-hydroxylation sites is 1. The van der Waals surface area contributed by atoms with Crippen LogP contribution in [-0.4, -0.2) is 24.1 Å². The van der Waals surface area contributed by atoms with Gasteiger partial charge in [-0.25, -0.2) is 0 Å². The first kappa shape index (κ1) is 15.6. The minimum Gasteiger partial charge on any atom is -0.490 e. The molecule has 0 aliphatic heterocycles. The molecule has 2 unspecified atom stereocenters. The number of anilines is 1. The van der Waals surface area contributed by atoms with Crippen LogP contribution in [0, 0.1) is 16.0 Å². The van der Waals surface area contributed by atoms with Gasteiger partial charge in [0.25, 0.3) is 0 Å². The molecule has 1 aromatic carbocycles. The second kappa shape index (κ2) is 6.30. The number of methoxy groups -OCH3 is 1. The van der Waals surface area contributed by atoms with E-state index in [1.54, 1.807) is 18.2 Å². The second-order valence-corrected chi connectivity index (χ2v) is 5.75. The molecule has 0 aromatic heterocycles. The molecule has 21 heavy (non-hydrogen) atoms. The van der Waals surface area contributed by atoms with Crippen molar-refractivity contribution in [1.29, 1.82) is 0 Å². The lowest BCUT2D eigenvalue weighted by molar-refractivity contribution is -0.384. The Labute approximate surface area is 124 Å². The van der Waals surface area contributed by atoms with E-state index in [1.165, 1.54) is 13.5 Å². The Hall–Kier alpha value is -1.82. The molecule has 1 aliphatic rings. The minimum atomic E-state index is -0.404. The van der Waals surface area contributed by atoms with Crippen molar-refractivity contribution in [1.82, 2.24) is 0 Å². The number of nitrogens with two attached hydrogens (primary N) is 1. The van der Waals surface area contributed by atoms with Gasteiger partial charge in [0.2, 0.25) is 0 Å². The molecule has 0 bridgehead atoms. The van der Waals surface area contributed by atoms with Gasteiger partial charge in [-0.3, -0.25) is 10.1 Å². The zero-order valence-electron chi connectivity index (χ0n) is 12.6. The third kappa shape index (κ3) is 2.95. The maximum Gasteiger partial charge on any atom is 0.333 e. The Kier molecular flexibility index (Phi) is 4.67. The van der Waals surface area contributed by atoms with Crippen LogP contribution in [0.1, 0.15) is 32.6 Å². The van der Waals surface area contributed by atoms with Gasteiger partial charge in [0.15, 0.2) is 5.75 Å². The van der Waals surface area contributed by atoms with Gasteiger partial charge in [-0.15, -0.1) is 0 Å². The number of nitro groups is 1. The maximum absolute atomic E-state index is 11.4. The van der Waals surface area contributed by atoms with Gasteiger partial charge in [0.05, 0.1) is 17.6 Å². The monoisotopic (exact) mass is 293 g/mol. The van der Waals surface area contributed by atoms with Crippen LogP contribution in [0.5, 0.6) is 5.75 Å². The predicted octanol–water partition coefficient (Wildman–Crippen LogP) is 2.92. The Morgan fingerprint density at radius 3 is 2.86 bits per heavy atom. The number of hydrogen-bond acceptors (Lipinski definition) is 5. The fourth-order valence-corrected chi connectivity index (χ4v) is 3.20. The molecular weight excluding hydrogens is 270 g/mol. The van der Waals surface area contributed by atoms with Crippen LogP contribution in [0.3, 0.4) is 0 Å². The molecule has 0 amide bonds. The summed E-state index contributed by atoms with van der Waals surface area (Å²) in [5.74, 6) is 0.641. The number of benzene rings is 1.